The van der Waals surface area contributed by atoms with E-state index in [2.05, 4.69) is 5.32 Å². The van der Waals surface area contributed by atoms with Crippen LogP contribution >= 0.6 is 0 Å². The Labute approximate surface area is 112 Å². The van der Waals surface area contributed by atoms with Crippen molar-refractivity contribution in [1.82, 2.24) is 5.32 Å². The van der Waals surface area contributed by atoms with Gasteiger partial charge in [0.2, 0.25) is 0 Å². The highest BCUT2D eigenvalue weighted by Gasteiger charge is 2.19. The summed E-state index contributed by atoms with van der Waals surface area (Å²) in [6.07, 6.45) is -0.774. The van der Waals surface area contributed by atoms with E-state index in [4.69, 9.17) is 9.47 Å². The molecule has 0 spiro atoms. The maximum absolute atomic E-state index is 13.3. The Morgan fingerprint density at radius 1 is 1.42 bits per heavy atom. The maximum Gasteiger partial charge on any atom is 0.347 e. The molecule has 1 aromatic carbocycles. The van der Waals surface area contributed by atoms with Crippen LogP contribution in [-0.2, 0) is 9.53 Å². The molecule has 4 nitrogen and oxygen atoms in total. The fourth-order valence-corrected chi connectivity index (χ4v) is 1.62. The molecule has 106 valence electrons. The summed E-state index contributed by atoms with van der Waals surface area (Å²) in [5, 5.41) is 3.05. The predicted octanol–water partition coefficient (Wildman–Crippen LogP) is 2.44. The smallest absolute Gasteiger partial charge is 0.347 e. The second kappa shape index (κ2) is 7.09. The summed E-state index contributed by atoms with van der Waals surface area (Å²) in [4.78, 5) is 11.5. The van der Waals surface area contributed by atoms with Gasteiger partial charge in [0.1, 0.15) is 11.6 Å². The number of ether oxygens (including phenoxy) is 2. The van der Waals surface area contributed by atoms with E-state index >= 15 is 0 Å². The van der Waals surface area contributed by atoms with Gasteiger partial charge in [0.25, 0.3) is 0 Å². The van der Waals surface area contributed by atoms with Crippen LogP contribution in [0.2, 0.25) is 0 Å². The van der Waals surface area contributed by atoms with Crippen LogP contribution in [-0.4, -0.2) is 25.7 Å². The first-order valence-electron chi connectivity index (χ1n) is 6.29. The van der Waals surface area contributed by atoms with Gasteiger partial charge in [0.05, 0.1) is 6.61 Å². The third kappa shape index (κ3) is 4.21. The highest BCUT2D eigenvalue weighted by molar-refractivity contribution is 5.74. The predicted molar refractivity (Wildman–Crippen MR) is 70.6 cm³/mol. The van der Waals surface area contributed by atoms with Crippen molar-refractivity contribution >= 4 is 5.97 Å². The molecule has 0 radical (unpaired) electrons. The molecular formula is C14H20FNO3. The molecule has 1 rings (SSSR count). The van der Waals surface area contributed by atoms with Crippen molar-refractivity contribution in [1.29, 1.82) is 0 Å². The first kappa shape index (κ1) is 15.4. The first-order valence-corrected chi connectivity index (χ1v) is 6.29. The number of hydrogen-bond donors (Lipinski definition) is 1. The van der Waals surface area contributed by atoms with Gasteiger partial charge in [-0.05, 0) is 33.9 Å². The molecule has 0 bridgehead atoms. The maximum atomic E-state index is 13.3. The summed E-state index contributed by atoms with van der Waals surface area (Å²) in [5.41, 5.74) is 0.792. The first-order chi connectivity index (χ1) is 8.99. The van der Waals surface area contributed by atoms with Gasteiger partial charge in [-0.15, -0.1) is 0 Å². The second-order valence-electron chi connectivity index (χ2n) is 4.20. The Kier molecular flexibility index (Phi) is 5.76. The fourth-order valence-electron chi connectivity index (χ4n) is 1.62. The van der Waals surface area contributed by atoms with Crippen LogP contribution in [0.1, 0.15) is 32.4 Å². The van der Waals surface area contributed by atoms with E-state index in [1.807, 2.05) is 6.92 Å². The molecular weight excluding hydrogens is 249 g/mol. The Morgan fingerprint density at radius 2 is 2.11 bits per heavy atom. The Bertz CT molecular complexity index is 437. The van der Waals surface area contributed by atoms with E-state index in [0.29, 0.717) is 5.75 Å². The molecule has 1 aromatic rings. The summed E-state index contributed by atoms with van der Waals surface area (Å²) in [6, 6.07) is 4.28. The van der Waals surface area contributed by atoms with Gasteiger partial charge in [-0.2, -0.15) is 0 Å². The van der Waals surface area contributed by atoms with Crippen molar-refractivity contribution in [3.05, 3.63) is 29.6 Å². The van der Waals surface area contributed by atoms with Crippen molar-refractivity contribution in [3.63, 3.8) is 0 Å². The van der Waals surface area contributed by atoms with Gasteiger partial charge >= 0.3 is 5.97 Å². The number of benzene rings is 1. The molecule has 0 fully saturated rings. The van der Waals surface area contributed by atoms with Gasteiger partial charge in [-0.1, -0.05) is 6.07 Å². The Balaban J connectivity index is 2.92. The van der Waals surface area contributed by atoms with Crippen LogP contribution in [0.5, 0.6) is 5.75 Å². The van der Waals surface area contributed by atoms with Gasteiger partial charge in [-0.3, -0.25) is 0 Å². The van der Waals surface area contributed by atoms with Crippen molar-refractivity contribution in [2.45, 2.75) is 32.9 Å². The largest absolute Gasteiger partial charge is 0.479 e. The van der Waals surface area contributed by atoms with Crippen LogP contribution in [0.15, 0.2) is 18.2 Å². The van der Waals surface area contributed by atoms with E-state index in [0.717, 1.165) is 5.56 Å². The SMILES string of the molecule is CCOC(=O)C(C)Oc1cc(F)ccc1C(C)NC. The molecule has 0 heterocycles. The quantitative estimate of drug-likeness (QED) is 0.806. The molecule has 0 saturated carbocycles. The topological polar surface area (TPSA) is 47.6 Å². The van der Waals surface area contributed by atoms with Crippen LogP contribution in [0.4, 0.5) is 4.39 Å². The summed E-state index contributed by atoms with van der Waals surface area (Å²) < 4.78 is 23.7. The zero-order valence-corrected chi connectivity index (χ0v) is 11.7. The normalized spacial score (nSPS) is 13.7. The number of carbonyl (C=O) groups is 1. The summed E-state index contributed by atoms with van der Waals surface area (Å²) in [6.45, 7) is 5.52. The number of halogens is 1. The van der Waals surface area contributed by atoms with Gasteiger partial charge in [0, 0.05) is 17.7 Å². The van der Waals surface area contributed by atoms with Crippen molar-refractivity contribution in [2.24, 2.45) is 0 Å². The summed E-state index contributed by atoms with van der Waals surface area (Å²) in [7, 11) is 1.80. The standard InChI is InChI=1S/C14H20FNO3/c1-5-18-14(17)10(3)19-13-8-11(15)6-7-12(13)9(2)16-4/h6-10,16H,5H2,1-4H3. The molecule has 5 heteroatoms. The average Bonchev–Trinajstić information content (AvgIpc) is 2.38. The van der Waals surface area contributed by atoms with Crippen LogP contribution in [0, 0.1) is 5.82 Å². The minimum absolute atomic E-state index is 0.00926. The molecule has 2 unspecified atom stereocenters. The summed E-state index contributed by atoms with van der Waals surface area (Å²) >= 11 is 0. The fraction of sp³-hybridized carbons (Fsp3) is 0.500. The van der Waals surface area contributed by atoms with Gasteiger partial charge in [0.15, 0.2) is 6.10 Å². The van der Waals surface area contributed by atoms with Crippen molar-refractivity contribution < 1.29 is 18.7 Å². The number of hydrogen-bond acceptors (Lipinski definition) is 4. The number of carbonyl (C=O) groups excluding carboxylic acids is 1. The molecule has 0 aromatic heterocycles. The molecule has 0 aliphatic rings. The Hall–Kier alpha value is -1.62. The van der Waals surface area contributed by atoms with Crippen LogP contribution in [0.3, 0.4) is 0 Å². The van der Waals surface area contributed by atoms with Crippen LogP contribution < -0.4 is 10.1 Å². The lowest BCUT2D eigenvalue weighted by atomic mass is 10.1. The lowest BCUT2D eigenvalue weighted by Crippen LogP contribution is -2.27. The van der Waals surface area contributed by atoms with Crippen molar-refractivity contribution in [3.8, 4) is 5.75 Å². The lowest BCUT2D eigenvalue weighted by molar-refractivity contribution is -0.150. The molecule has 0 aliphatic carbocycles. The number of esters is 1. The number of rotatable bonds is 6. The van der Waals surface area contributed by atoms with E-state index in [9.17, 15) is 9.18 Å². The monoisotopic (exact) mass is 269 g/mol. The Morgan fingerprint density at radius 3 is 2.68 bits per heavy atom. The average molecular weight is 269 g/mol. The van der Waals surface area contributed by atoms with E-state index in [-0.39, 0.29) is 12.6 Å². The van der Waals surface area contributed by atoms with Crippen LogP contribution in [0.25, 0.3) is 0 Å². The molecule has 0 aliphatic heterocycles. The van der Waals surface area contributed by atoms with E-state index in [1.54, 1.807) is 27.0 Å². The van der Waals surface area contributed by atoms with Gasteiger partial charge < -0.3 is 14.8 Å². The van der Waals surface area contributed by atoms with E-state index in [1.165, 1.54) is 12.1 Å². The third-order valence-corrected chi connectivity index (χ3v) is 2.80. The molecule has 1 N–H and O–H groups in total. The molecule has 2 atom stereocenters. The highest BCUT2D eigenvalue weighted by Crippen LogP contribution is 2.27. The highest BCUT2D eigenvalue weighted by atomic mass is 19.1. The second-order valence-corrected chi connectivity index (χ2v) is 4.20. The van der Waals surface area contributed by atoms with E-state index < -0.39 is 17.9 Å². The number of nitrogens with one attached hydrogen (secondary N) is 1. The minimum atomic E-state index is -0.774. The zero-order valence-electron chi connectivity index (χ0n) is 11.7. The van der Waals surface area contributed by atoms with Gasteiger partial charge in [-0.25, -0.2) is 9.18 Å². The van der Waals surface area contributed by atoms with Crippen molar-refractivity contribution in [2.75, 3.05) is 13.7 Å². The zero-order chi connectivity index (χ0) is 14.4. The molecule has 0 amide bonds. The summed E-state index contributed by atoms with van der Waals surface area (Å²) in [5.74, 6) is -0.518. The minimum Gasteiger partial charge on any atom is -0.479 e. The third-order valence-electron chi connectivity index (χ3n) is 2.80. The lowest BCUT2D eigenvalue weighted by Gasteiger charge is -2.19. The molecule has 19 heavy (non-hydrogen) atoms. The molecule has 0 saturated heterocycles.